The van der Waals surface area contributed by atoms with E-state index in [1.165, 1.54) is 12.2 Å². The van der Waals surface area contributed by atoms with Crippen molar-refractivity contribution in [1.82, 2.24) is 10.2 Å². The van der Waals surface area contributed by atoms with E-state index in [0.717, 1.165) is 37.0 Å². The molecule has 0 aliphatic carbocycles. The van der Waals surface area contributed by atoms with E-state index in [-0.39, 0.29) is 48.6 Å². The number of carbonyl (C=O) groups excluding carboxylic acids is 4. The lowest BCUT2D eigenvalue weighted by atomic mass is 10.0. The largest absolute Gasteiger partial charge is 0.381 e. The van der Waals surface area contributed by atoms with Crippen LogP contribution < -0.4 is 5.32 Å². The van der Waals surface area contributed by atoms with Crippen LogP contribution in [0.25, 0.3) is 0 Å². The fourth-order valence-corrected chi connectivity index (χ4v) is 2.89. The third-order valence-electron chi connectivity index (χ3n) is 4.55. The fourth-order valence-electron chi connectivity index (χ4n) is 2.89. The Bertz CT molecular complexity index is 526. The van der Waals surface area contributed by atoms with Crippen molar-refractivity contribution in [1.29, 1.82) is 0 Å². The van der Waals surface area contributed by atoms with Gasteiger partial charge in [-0.1, -0.05) is 6.92 Å². The highest BCUT2D eigenvalue weighted by Crippen LogP contribution is 2.14. The van der Waals surface area contributed by atoms with Crippen LogP contribution in [-0.4, -0.2) is 54.2 Å². The smallest absolute Gasteiger partial charge is 0.253 e. The molecular formula is C19H30N2O5. The number of hydrogen-bond acceptors (Lipinski definition) is 5. The molecule has 0 saturated carbocycles. The lowest BCUT2D eigenvalue weighted by Crippen LogP contribution is -2.38. The molecule has 0 saturated heterocycles. The van der Waals surface area contributed by atoms with E-state index in [9.17, 15) is 19.2 Å². The number of ether oxygens (including phenoxy) is 1. The van der Waals surface area contributed by atoms with Crippen molar-refractivity contribution in [2.75, 3.05) is 13.7 Å². The summed E-state index contributed by atoms with van der Waals surface area (Å²) in [5.41, 5.74) is 0. The summed E-state index contributed by atoms with van der Waals surface area (Å²) in [6.45, 7) is 3.68. The quantitative estimate of drug-likeness (QED) is 0.501. The molecule has 1 aliphatic rings. The van der Waals surface area contributed by atoms with Gasteiger partial charge < -0.3 is 14.8 Å². The molecule has 7 nitrogen and oxygen atoms in total. The summed E-state index contributed by atoms with van der Waals surface area (Å²) in [5, 5.41) is 2.96. The SMILES string of the molecule is CCC(CCC(CCCC(C)=O)OC)NC(=O)CCN1C(=O)C=CC1=O. The predicted octanol–water partition coefficient (Wildman–Crippen LogP) is 1.75. The molecule has 7 heteroatoms. The van der Waals surface area contributed by atoms with Gasteiger partial charge in [0.15, 0.2) is 0 Å². The van der Waals surface area contributed by atoms with Crippen molar-refractivity contribution in [2.24, 2.45) is 0 Å². The van der Waals surface area contributed by atoms with Crippen LogP contribution in [0.15, 0.2) is 12.2 Å². The molecule has 0 fully saturated rings. The number of imide groups is 1. The van der Waals surface area contributed by atoms with E-state index in [4.69, 9.17) is 4.74 Å². The van der Waals surface area contributed by atoms with E-state index in [2.05, 4.69) is 5.32 Å². The Hall–Kier alpha value is -2.02. The van der Waals surface area contributed by atoms with Crippen molar-refractivity contribution in [3.05, 3.63) is 12.2 Å². The first-order chi connectivity index (χ1) is 12.4. The monoisotopic (exact) mass is 366 g/mol. The van der Waals surface area contributed by atoms with Gasteiger partial charge in [0, 0.05) is 44.7 Å². The summed E-state index contributed by atoms with van der Waals surface area (Å²) < 4.78 is 5.46. The third kappa shape index (κ3) is 7.91. The molecule has 0 aromatic carbocycles. The van der Waals surface area contributed by atoms with E-state index in [1.54, 1.807) is 14.0 Å². The summed E-state index contributed by atoms with van der Waals surface area (Å²) in [6, 6.07) is 0.0241. The molecule has 1 heterocycles. The minimum atomic E-state index is -0.372. The molecule has 2 atom stereocenters. The Balaban J connectivity index is 2.31. The molecule has 0 radical (unpaired) electrons. The molecule has 146 valence electrons. The van der Waals surface area contributed by atoms with Crippen molar-refractivity contribution in [2.45, 2.75) is 70.9 Å². The number of Topliss-reactive ketones (excluding diaryl/α,β-unsaturated/α-hetero) is 1. The molecule has 2 unspecified atom stereocenters. The van der Waals surface area contributed by atoms with Gasteiger partial charge in [0.1, 0.15) is 5.78 Å². The Morgan fingerprint density at radius 1 is 1.12 bits per heavy atom. The minimum absolute atomic E-state index is 0.0241. The number of rotatable bonds is 13. The maximum atomic E-state index is 12.1. The molecular weight excluding hydrogens is 336 g/mol. The lowest BCUT2D eigenvalue weighted by Gasteiger charge is -2.21. The van der Waals surface area contributed by atoms with E-state index in [0.29, 0.717) is 6.42 Å². The van der Waals surface area contributed by atoms with Crippen LogP contribution in [0.3, 0.4) is 0 Å². The van der Waals surface area contributed by atoms with Gasteiger partial charge in [-0.15, -0.1) is 0 Å². The van der Waals surface area contributed by atoms with Gasteiger partial charge in [-0.25, -0.2) is 0 Å². The van der Waals surface area contributed by atoms with Crippen molar-refractivity contribution in [3.63, 3.8) is 0 Å². The average Bonchev–Trinajstić information content (AvgIpc) is 2.92. The normalized spacial score (nSPS) is 16.0. The Morgan fingerprint density at radius 2 is 1.77 bits per heavy atom. The maximum Gasteiger partial charge on any atom is 0.253 e. The Kier molecular flexibility index (Phi) is 9.80. The molecule has 1 N–H and O–H groups in total. The maximum absolute atomic E-state index is 12.1. The van der Waals surface area contributed by atoms with E-state index in [1.807, 2.05) is 6.92 Å². The third-order valence-corrected chi connectivity index (χ3v) is 4.55. The second-order valence-electron chi connectivity index (χ2n) is 6.61. The zero-order valence-electron chi connectivity index (χ0n) is 16.0. The van der Waals surface area contributed by atoms with E-state index >= 15 is 0 Å². The molecule has 0 spiro atoms. The second kappa shape index (κ2) is 11.6. The van der Waals surface area contributed by atoms with Gasteiger partial charge in [-0.2, -0.15) is 0 Å². The molecule has 1 aliphatic heterocycles. The molecule has 0 aromatic rings. The summed E-state index contributed by atoms with van der Waals surface area (Å²) in [4.78, 5) is 47.1. The summed E-state index contributed by atoms with van der Waals surface area (Å²) in [7, 11) is 1.66. The molecule has 1 rings (SSSR count). The highest BCUT2D eigenvalue weighted by Gasteiger charge is 2.24. The van der Waals surface area contributed by atoms with Crippen LogP contribution in [-0.2, 0) is 23.9 Å². The highest BCUT2D eigenvalue weighted by atomic mass is 16.5. The lowest BCUT2D eigenvalue weighted by molar-refractivity contribution is -0.137. The van der Waals surface area contributed by atoms with Gasteiger partial charge in [0.25, 0.3) is 11.8 Å². The first kappa shape index (κ1) is 22.0. The number of nitrogens with zero attached hydrogens (tertiary/aromatic N) is 1. The highest BCUT2D eigenvalue weighted by molar-refractivity contribution is 6.13. The Morgan fingerprint density at radius 3 is 2.31 bits per heavy atom. The standard InChI is InChI=1S/C19H30N2O5/c1-4-15(8-9-16(26-3)7-5-6-14(2)22)20-17(23)12-13-21-18(24)10-11-19(21)25/h10-11,15-16H,4-9,12-13H2,1-3H3,(H,20,23). The van der Waals surface area contributed by atoms with Gasteiger partial charge in [0.05, 0.1) is 6.10 Å². The number of amides is 3. The second-order valence-corrected chi connectivity index (χ2v) is 6.61. The number of nitrogens with one attached hydrogen (secondary N) is 1. The summed E-state index contributed by atoms with van der Waals surface area (Å²) in [5.74, 6) is -0.731. The molecule has 0 aromatic heterocycles. The van der Waals surface area contributed by atoms with Crippen molar-refractivity contribution < 1.29 is 23.9 Å². The summed E-state index contributed by atoms with van der Waals surface area (Å²) in [6.07, 6.45) is 7.18. The molecule has 3 amide bonds. The van der Waals surface area contributed by atoms with Gasteiger partial charge >= 0.3 is 0 Å². The van der Waals surface area contributed by atoms with Gasteiger partial charge in [-0.05, 0) is 39.0 Å². The average molecular weight is 366 g/mol. The molecule has 26 heavy (non-hydrogen) atoms. The van der Waals surface area contributed by atoms with Crippen LogP contribution in [0.4, 0.5) is 0 Å². The van der Waals surface area contributed by atoms with Crippen LogP contribution in [0.2, 0.25) is 0 Å². The Labute approximate surface area is 155 Å². The topological polar surface area (TPSA) is 92.8 Å². The van der Waals surface area contributed by atoms with Crippen LogP contribution in [0, 0.1) is 0 Å². The minimum Gasteiger partial charge on any atom is -0.381 e. The first-order valence-electron chi connectivity index (χ1n) is 9.22. The zero-order chi connectivity index (χ0) is 19.5. The number of ketones is 1. The first-order valence-corrected chi connectivity index (χ1v) is 9.22. The van der Waals surface area contributed by atoms with Gasteiger partial charge in [-0.3, -0.25) is 19.3 Å². The van der Waals surface area contributed by atoms with Crippen molar-refractivity contribution >= 4 is 23.5 Å². The summed E-state index contributed by atoms with van der Waals surface area (Å²) >= 11 is 0. The molecule has 0 bridgehead atoms. The number of methoxy groups -OCH3 is 1. The predicted molar refractivity (Wildman–Crippen MR) is 97.3 cm³/mol. The van der Waals surface area contributed by atoms with Crippen LogP contribution in [0.5, 0.6) is 0 Å². The fraction of sp³-hybridized carbons (Fsp3) is 0.684. The zero-order valence-corrected chi connectivity index (χ0v) is 16.0. The van der Waals surface area contributed by atoms with E-state index < -0.39 is 0 Å². The van der Waals surface area contributed by atoms with Crippen molar-refractivity contribution in [3.8, 4) is 0 Å². The van der Waals surface area contributed by atoms with Crippen LogP contribution >= 0.6 is 0 Å². The van der Waals surface area contributed by atoms with Crippen LogP contribution in [0.1, 0.15) is 58.8 Å². The number of hydrogen-bond donors (Lipinski definition) is 1. The number of carbonyl (C=O) groups is 4. The van der Waals surface area contributed by atoms with Gasteiger partial charge in [0.2, 0.25) is 5.91 Å².